The number of ether oxygens (including phenoxy) is 1. The molecule has 122 valence electrons. The Hall–Kier alpha value is -1.10. The molecule has 1 aromatic rings. The minimum atomic E-state index is -0.460. The maximum atomic E-state index is 11.8. The lowest BCUT2D eigenvalue weighted by molar-refractivity contribution is -0.151. The fourth-order valence-corrected chi connectivity index (χ4v) is 3.06. The van der Waals surface area contributed by atoms with Crippen LogP contribution in [0.5, 0.6) is 0 Å². The largest absolute Gasteiger partial charge is 0.469 e. The molecule has 1 aromatic carbocycles. The van der Waals surface area contributed by atoms with E-state index in [0.717, 1.165) is 37.6 Å². The van der Waals surface area contributed by atoms with E-state index in [-0.39, 0.29) is 5.97 Å². The maximum absolute atomic E-state index is 11.8. The van der Waals surface area contributed by atoms with Gasteiger partial charge < -0.3 is 10.1 Å². The average molecular weight is 325 g/mol. The van der Waals surface area contributed by atoms with Crippen molar-refractivity contribution in [3.63, 3.8) is 0 Å². The zero-order chi connectivity index (χ0) is 16.2. The van der Waals surface area contributed by atoms with Gasteiger partial charge >= 0.3 is 5.97 Å². The van der Waals surface area contributed by atoms with E-state index in [1.54, 1.807) is 0 Å². The highest BCUT2D eigenvalue weighted by Crippen LogP contribution is 2.28. The predicted molar refractivity (Wildman–Crippen MR) is 89.0 cm³/mol. The molecule has 1 N–H and O–H groups in total. The van der Waals surface area contributed by atoms with E-state index in [0.29, 0.717) is 6.04 Å². The molecule has 1 aliphatic rings. The fourth-order valence-electron chi connectivity index (χ4n) is 2.86. The van der Waals surface area contributed by atoms with Gasteiger partial charge in [0.15, 0.2) is 0 Å². The van der Waals surface area contributed by atoms with Crippen molar-refractivity contribution in [2.45, 2.75) is 26.3 Å². The first-order chi connectivity index (χ1) is 10.4. The number of methoxy groups -OCH3 is 1. The van der Waals surface area contributed by atoms with Crippen molar-refractivity contribution in [3.8, 4) is 0 Å². The molecule has 22 heavy (non-hydrogen) atoms. The Balaban J connectivity index is 2.06. The standard InChI is InChI=1S/C17H25ClN2O2/c1-17(2,16(21)22-3)7-9-20-10-8-19-12-15(20)13-5-4-6-14(18)11-13/h4-6,11,15,19H,7-10,12H2,1-3H3. The molecule has 1 aliphatic heterocycles. The number of piperazine rings is 1. The fraction of sp³-hybridized carbons (Fsp3) is 0.588. The summed E-state index contributed by atoms with van der Waals surface area (Å²) >= 11 is 6.12. The second-order valence-electron chi connectivity index (χ2n) is 6.44. The lowest BCUT2D eigenvalue weighted by Crippen LogP contribution is -2.47. The van der Waals surface area contributed by atoms with Gasteiger partial charge in [-0.3, -0.25) is 9.69 Å². The lowest BCUT2D eigenvalue weighted by atomic mass is 9.88. The van der Waals surface area contributed by atoms with Gasteiger partial charge in [-0.1, -0.05) is 23.7 Å². The van der Waals surface area contributed by atoms with Gasteiger partial charge in [-0.05, 0) is 44.5 Å². The molecule has 1 atom stereocenters. The van der Waals surface area contributed by atoms with E-state index in [9.17, 15) is 4.79 Å². The van der Waals surface area contributed by atoms with Gasteiger partial charge in [-0.15, -0.1) is 0 Å². The molecule has 1 unspecified atom stereocenters. The zero-order valence-corrected chi connectivity index (χ0v) is 14.3. The van der Waals surface area contributed by atoms with Crippen LogP contribution in [0.4, 0.5) is 0 Å². The summed E-state index contributed by atoms with van der Waals surface area (Å²) in [4.78, 5) is 14.3. The topological polar surface area (TPSA) is 41.6 Å². The normalized spacial score (nSPS) is 19.9. The number of nitrogens with zero attached hydrogens (tertiary/aromatic N) is 1. The zero-order valence-electron chi connectivity index (χ0n) is 13.6. The third-order valence-electron chi connectivity index (χ3n) is 4.35. The van der Waals surface area contributed by atoms with Crippen molar-refractivity contribution in [2.75, 3.05) is 33.3 Å². The van der Waals surface area contributed by atoms with Crippen molar-refractivity contribution in [2.24, 2.45) is 5.41 Å². The quantitative estimate of drug-likeness (QED) is 0.846. The van der Waals surface area contributed by atoms with Crippen LogP contribution in [0.2, 0.25) is 5.02 Å². The number of carbonyl (C=O) groups is 1. The molecule has 0 bridgehead atoms. The summed E-state index contributed by atoms with van der Waals surface area (Å²) in [6, 6.07) is 8.31. The first kappa shape index (κ1) is 17.3. The second kappa shape index (κ2) is 7.44. The van der Waals surface area contributed by atoms with E-state index in [4.69, 9.17) is 16.3 Å². The number of halogens is 1. The van der Waals surface area contributed by atoms with Gasteiger partial charge in [0.1, 0.15) is 0 Å². The molecule has 0 amide bonds. The molecular weight excluding hydrogens is 300 g/mol. The monoisotopic (exact) mass is 324 g/mol. The van der Waals surface area contributed by atoms with Crippen LogP contribution in [0.1, 0.15) is 31.9 Å². The first-order valence-corrected chi connectivity index (χ1v) is 8.10. The van der Waals surface area contributed by atoms with Crippen molar-refractivity contribution < 1.29 is 9.53 Å². The van der Waals surface area contributed by atoms with E-state index >= 15 is 0 Å². The Labute approximate surface area is 137 Å². The number of hydrogen-bond acceptors (Lipinski definition) is 4. The minimum absolute atomic E-state index is 0.151. The van der Waals surface area contributed by atoms with Gasteiger partial charge in [0.2, 0.25) is 0 Å². The van der Waals surface area contributed by atoms with Crippen LogP contribution in [0.15, 0.2) is 24.3 Å². The number of esters is 1. The average Bonchev–Trinajstić information content (AvgIpc) is 2.52. The highest BCUT2D eigenvalue weighted by Gasteiger charge is 2.31. The Morgan fingerprint density at radius 1 is 1.50 bits per heavy atom. The number of nitrogens with one attached hydrogen (secondary N) is 1. The molecule has 5 heteroatoms. The van der Waals surface area contributed by atoms with E-state index < -0.39 is 5.41 Å². The number of benzene rings is 1. The molecular formula is C17H25ClN2O2. The Morgan fingerprint density at radius 2 is 2.27 bits per heavy atom. The van der Waals surface area contributed by atoms with Crippen molar-refractivity contribution in [1.82, 2.24) is 10.2 Å². The van der Waals surface area contributed by atoms with E-state index in [1.165, 1.54) is 12.7 Å². The Morgan fingerprint density at radius 3 is 2.95 bits per heavy atom. The molecule has 0 aromatic heterocycles. The molecule has 2 rings (SSSR count). The number of hydrogen-bond donors (Lipinski definition) is 1. The number of carbonyl (C=O) groups excluding carboxylic acids is 1. The summed E-state index contributed by atoms with van der Waals surface area (Å²) in [5.74, 6) is -0.151. The van der Waals surface area contributed by atoms with Crippen LogP contribution < -0.4 is 5.32 Å². The first-order valence-electron chi connectivity index (χ1n) is 7.73. The van der Waals surface area contributed by atoms with Crippen LogP contribution in [-0.2, 0) is 9.53 Å². The van der Waals surface area contributed by atoms with Gasteiger partial charge in [-0.25, -0.2) is 0 Å². The van der Waals surface area contributed by atoms with Crippen LogP contribution in [0.25, 0.3) is 0 Å². The summed E-state index contributed by atoms with van der Waals surface area (Å²) in [7, 11) is 1.45. The maximum Gasteiger partial charge on any atom is 0.311 e. The SMILES string of the molecule is COC(=O)C(C)(C)CCN1CCNCC1c1cccc(Cl)c1. The van der Waals surface area contributed by atoms with Crippen LogP contribution >= 0.6 is 11.6 Å². The molecule has 0 radical (unpaired) electrons. The van der Waals surface area contributed by atoms with Crippen LogP contribution in [-0.4, -0.2) is 44.2 Å². The van der Waals surface area contributed by atoms with Gasteiger partial charge in [0.25, 0.3) is 0 Å². The Kier molecular flexibility index (Phi) is 5.84. The third-order valence-corrected chi connectivity index (χ3v) is 4.58. The molecule has 1 fully saturated rings. The molecule has 0 spiro atoms. The summed E-state index contributed by atoms with van der Waals surface area (Å²) < 4.78 is 4.89. The van der Waals surface area contributed by atoms with Gasteiger partial charge in [0, 0.05) is 30.7 Å². The van der Waals surface area contributed by atoms with Gasteiger partial charge in [0.05, 0.1) is 12.5 Å². The second-order valence-corrected chi connectivity index (χ2v) is 6.87. The molecule has 1 heterocycles. The van der Waals surface area contributed by atoms with Crippen molar-refractivity contribution in [3.05, 3.63) is 34.9 Å². The third kappa shape index (κ3) is 4.22. The van der Waals surface area contributed by atoms with Crippen LogP contribution in [0, 0.1) is 5.41 Å². The Bertz CT molecular complexity index is 519. The summed E-state index contributed by atoms with van der Waals surface area (Å²) in [5, 5.41) is 4.20. The van der Waals surface area contributed by atoms with Crippen molar-refractivity contribution >= 4 is 17.6 Å². The van der Waals surface area contributed by atoms with Crippen molar-refractivity contribution in [1.29, 1.82) is 0 Å². The van der Waals surface area contributed by atoms with E-state index in [2.05, 4.69) is 16.3 Å². The molecule has 0 saturated carbocycles. The smallest absolute Gasteiger partial charge is 0.311 e. The van der Waals surface area contributed by atoms with Gasteiger partial charge in [-0.2, -0.15) is 0 Å². The predicted octanol–water partition coefficient (Wildman–Crippen LogP) is 2.88. The summed E-state index contributed by atoms with van der Waals surface area (Å²) in [5.41, 5.74) is 0.758. The minimum Gasteiger partial charge on any atom is -0.469 e. The van der Waals surface area contributed by atoms with E-state index in [1.807, 2.05) is 32.0 Å². The highest BCUT2D eigenvalue weighted by molar-refractivity contribution is 6.30. The highest BCUT2D eigenvalue weighted by atomic mass is 35.5. The molecule has 0 aliphatic carbocycles. The lowest BCUT2D eigenvalue weighted by Gasteiger charge is -2.38. The number of rotatable bonds is 5. The summed E-state index contributed by atoms with van der Waals surface area (Å²) in [6.07, 6.45) is 0.775. The molecule has 4 nitrogen and oxygen atoms in total. The summed E-state index contributed by atoms with van der Waals surface area (Å²) in [6.45, 7) is 7.58. The molecule has 1 saturated heterocycles. The van der Waals surface area contributed by atoms with Crippen LogP contribution in [0.3, 0.4) is 0 Å².